The van der Waals surface area contributed by atoms with Crippen LogP contribution in [0.5, 0.6) is 0 Å². The van der Waals surface area contributed by atoms with E-state index in [1.54, 1.807) is 6.08 Å². The lowest BCUT2D eigenvalue weighted by Crippen LogP contribution is -2.34. The quantitative estimate of drug-likeness (QED) is 0.686. The molecule has 3 rings (SSSR count). The van der Waals surface area contributed by atoms with E-state index < -0.39 is 22.0 Å². The molecule has 1 aliphatic rings. The summed E-state index contributed by atoms with van der Waals surface area (Å²) in [6.07, 6.45) is 5.15. The van der Waals surface area contributed by atoms with Crippen molar-refractivity contribution in [1.29, 1.82) is 0 Å². The van der Waals surface area contributed by atoms with Gasteiger partial charge in [0.25, 0.3) is 0 Å². The summed E-state index contributed by atoms with van der Waals surface area (Å²) >= 11 is 0. The average Bonchev–Trinajstić information content (AvgIpc) is 3.10. The van der Waals surface area contributed by atoms with Gasteiger partial charge in [-0.3, -0.25) is 0 Å². The molecule has 0 N–H and O–H groups in total. The molecule has 0 saturated carbocycles. The van der Waals surface area contributed by atoms with Crippen molar-refractivity contribution in [2.75, 3.05) is 14.1 Å². The van der Waals surface area contributed by atoms with E-state index in [1.165, 1.54) is 31.4 Å². The maximum absolute atomic E-state index is 12.5. The highest BCUT2D eigenvalue weighted by Crippen LogP contribution is 2.47. The maximum Gasteiger partial charge on any atom is 0.308 e. The zero-order valence-corrected chi connectivity index (χ0v) is 20.9. The molecule has 1 heterocycles. The summed E-state index contributed by atoms with van der Waals surface area (Å²) in [7, 11) is -1.39. The van der Waals surface area contributed by atoms with Crippen LogP contribution in [0.4, 0.5) is 0 Å². The molecule has 1 aliphatic carbocycles. The molecule has 0 radical (unpaired) electrons. The van der Waals surface area contributed by atoms with Crippen LogP contribution in [0.2, 0.25) is 0 Å². The number of aryl methyl sites for hydroxylation is 1. The van der Waals surface area contributed by atoms with Crippen molar-refractivity contribution < 1.29 is 18.3 Å². The minimum Gasteiger partial charge on any atom is -0.542 e. The Morgan fingerprint density at radius 1 is 1.12 bits per heavy atom. The first-order valence-corrected chi connectivity index (χ1v) is 12.1. The van der Waals surface area contributed by atoms with Gasteiger partial charge in [-0.15, -0.1) is 0 Å². The van der Waals surface area contributed by atoms with Crippen LogP contribution in [0.1, 0.15) is 86.0 Å². The molecule has 1 aromatic carbocycles. The second-order valence-electron chi connectivity index (χ2n) is 10.2. The Balaban J connectivity index is 2.14. The maximum atomic E-state index is 12.5. The first-order chi connectivity index (χ1) is 14.6. The average molecular weight is 459 g/mol. The molecule has 0 bridgehead atoms. The van der Waals surface area contributed by atoms with E-state index in [1.807, 2.05) is 6.92 Å². The van der Waals surface area contributed by atoms with Crippen LogP contribution < -0.4 is 5.11 Å². The van der Waals surface area contributed by atoms with Gasteiger partial charge in [0.1, 0.15) is 5.97 Å². The summed E-state index contributed by atoms with van der Waals surface area (Å²) in [6.45, 7) is 13.1. The zero-order valence-electron chi connectivity index (χ0n) is 20.1. The summed E-state index contributed by atoms with van der Waals surface area (Å²) in [4.78, 5) is 15.5. The van der Waals surface area contributed by atoms with E-state index in [0.29, 0.717) is 3.97 Å². The molecule has 0 aliphatic heterocycles. The molecule has 174 valence electrons. The number of carbonyl (C=O) groups is 1. The Morgan fingerprint density at radius 2 is 1.66 bits per heavy atom. The van der Waals surface area contributed by atoms with Gasteiger partial charge >= 0.3 is 10.2 Å². The topological polar surface area (TPSA) is 95.3 Å². The molecule has 8 heteroatoms. The third kappa shape index (κ3) is 4.13. The van der Waals surface area contributed by atoms with Gasteiger partial charge in [-0.05, 0) is 71.4 Å². The predicted octanol–water partition coefficient (Wildman–Crippen LogP) is 3.12. The van der Waals surface area contributed by atoms with Gasteiger partial charge in [0.05, 0.1) is 5.69 Å². The van der Waals surface area contributed by atoms with Gasteiger partial charge in [-0.25, -0.2) is 8.96 Å². The monoisotopic (exact) mass is 458 g/mol. The largest absolute Gasteiger partial charge is 0.542 e. The second kappa shape index (κ2) is 7.85. The van der Waals surface area contributed by atoms with Crippen molar-refractivity contribution in [2.45, 2.75) is 65.2 Å². The minimum atomic E-state index is -4.04. The lowest BCUT2D eigenvalue weighted by atomic mass is 9.62. The van der Waals surface area contributed by atoms with E-state index in [9.17, 15) is 18.3 Å². The van der Waals surface area contributed by atoms with Gasteiger partial charge < -0.3 is 9.90 Å². The minimum absolute atomic E-state index is 0.0527. The first kappa shape index (κ1) is 24.2. The number of carboxylic acids is 1. The van der Waals surface area contributed by atoms with E-state index in [4.69, 9.17) is 0 Å². The number of aromatic nitrogens is 2. The van der Waals surface area contributed by atoms with Gasteiger partial charge in [0.15, 0.2) is 5.82 Å². The van der Waals surface area contributed by atoms with E-state index >= 15 is 0 Å². The summed E-state index contributed by atoms with van der Waals surface area (Å²) in [5.41, 5.74) is 6.11. The SMILES string of the molecule is C/C(=C\c1cn(S(=O)(=O)N(C)C)c(C(=O)[O-])n1)c1cc2c(cc1C)C(C)(C)CCC2(C)C. The molecular formula is C24H32N3O4S-. The summed E-state index contributed by atoms with van der Waals surface area (Å²) in [5, 5.41) is 11.5. The molecule has 0 fully saturated rings. The van der Waals surface area contributed by atoms with Crippen LogP contribution in [0.3, 0.4) is 0 Å². The molecule has 0 saturated heterocycles. The Hall–Kier alpha value is -2.45. The number of hydrogen-bond donors (Lipinski definition) is 0. The zero-order chi connectivity index (χ0) is 24.2. The lowest BCUT2D eigenvalue weighted by molar-refractivity contribution is -0.256. The normalized spacial score (nSPS) is 18.0. The fourth-order valence-electron chi connectivity index (χ4n) is 4.39. The number of allylic oxidation sites excluding steroid dienone is 1. The van der Waals surface area contributed by atoms with Crippen LogP contribution >= 0.6 is 0 Å². The van der Waals surface area contributed by atoms with Crippen LogP contribution in [0.15, 0.2) is 18.3 Å². The van der Waals surface area contributed by atoms with Crippen LogP contribution in [-0.2, 0) is 21.0 Å². The number of carboxylic acid groups (broad SMARTS) is 1. The third-order valence-electron chi connectivity index (χ3n) is 6.57. The van der Waals surface area contributed by atoms with Crippen molar-refractivity contribution in [3.63, 3.8) is 0 Å². The van der Waals surface area contributed by atoms with Crippen molar-refractivity contribution in [3.05, 3.63) is 52.1 Å². The fraction of sp³-hybridized carbons (Fsp3) is 0.500. The smallest absolute Gasteiger partial charge is 0.308 e. The Bertz CT molecular complexity index is 1220. The van der Waals surface area contributed by atoms with E-state index in [0.717, 1.165) is 33.8 Å². The van der Waals surface area contributed by atoms with E-state index in [-0.39, 0.29) is 16.5 Å². The van der Waals surface area contributed by atoms with Crippen molar-refractivity contribution in [3.8, 4) is 0 Å². The molecule has 0 atom stereocenters. The van der Waals surface area contributed by atoms with Crippen molar-refractivity contribution in [2.24, 2.45) is 0 Å². The molecule has 1 aromatic heterocycles. The Morgan fingerprint density at radius 3 is 2.16 bits per heavy atom. The van der Waals surface area contributed by atoms with Gasteiger partial charge in [-0.2, -0.15) is 12.7 Å². The molecule has 0 spiro atoms. The third-order valence-corrected chi connectivity index (χ3v) is 8.27. The highest BCUT2D eigenvalue weighted by atomic mass is 32.2. The number of aromatic carboxylic acids is 1. The van der Waals surface area contributed by atoms with Crippen molar-refractivity contribution >= 4 is 27.8 Å². The molecule has 7 nitrogen and oxygen atoms in total. The van der Waals surface area contributed by atoms with Crippen LogP contribution in [0, 0.1) is 6.92 Å². The number of carbonyl (C=O) groups excluding carboxylic acids is 1. The van der Waals surface area contributed by atoms with Crippen LogP contribution in [-0.4, -0.2) is 41.7 Å². The second-order valence-corrected chi connectivity index (χ2v) is 12.2. The number of nitrogens with zero attached hydrogens (tertiary/aromatic N) is 3. The summed E-state index contributed by atoms with van der Waals surface area (Å²) in [6, 6.07) is 4.48. The highest BCUT2D eigenvalue weighted by Gasteiger charge is 2.37. The Labute approximate surface area is 191 Å². The molecule has 32 heavy (non-hydrogen) atoms. The van der Waals surface area contributed by atoms with Gasteiger partial charge in [-0.1, -0.05) is 39.8 Å². The molecular weight excluding hydrogens is 426 g/mol. The van der Waals surface area contributed by atoms with Crippen molar-refractivity contribution in [1.82, 2.24) is 13.3 Å². The number of hydrogen-bond acceptors (Lipinski definition) is 5. The number of rotatable bonds is 5. The standard InChI is InChI=1S/C24H33N3O4S/c1-15(11-17-14-27(21(25-17)22(28)29)32(30,31)26(7)8)18-13-20-19(12-16(18)2)23(3,4)9-10-24(20,5)6/h11-14H,9-10H2,1-8H3,(H,28,29)/p-1/b15-11+. The predicted molar refractivity (Wildman–Crippen MR) is 125 cm³/mol. The number of benzene rings is 1. The number of fused-ring (bicyclic) bond motifs is 1. The van der Waals surface area contributed by atoms with Gasteiger partial charge in [0, 0.05) is 20.3 Å². The Kier molecular flexibility index (Phi) is 5.93. The number of imidazole rings is 1. The van der Waals surface area contributed by atoms with Crippen LogP contribution in [0.25, 0.3) is 11.6 Å². The fourth-order valence-corrected chi connectivity index (χ4v) is 5.31. The first-order valence-electron chi connectivity index (χ1n) is 10.7. The highest BCUT2D eigenvalue weighted by molar-refractivity contribution is 7.87. The van der Waals surface area contributed by atoms with Gasteiger partial charge in [0.2, 0.25) is 0 Å². The lowest BCUT2D eigenvalue weighted by Gasteiger charge is -2.42. The molecule has 0 unspecified atom stereocenters. The van der Waals surface area contributed by atoms with E-state index in [2.05, 4.69) is 51.7 Å². The summed E-state index contributed by atoms with van der Waals surface area (Å²) in [5.74, 6) is -2.30. The summed E-state index contributed by atoms with van der Waals surface area (Å²) < 4.78 is 26.6. The molecule has 0 amide bonds. The molecule has 2 aromatic rings.